The van der Waals surface area contributed by atoms with Crippen LogP contribution in [0, 0.1) is 23.2 Å². The van der Waals surface area contributed by atoms with Crippen molar-refractivity contribution in [3.8, 4) is 0 Å². The van der Waals surface area contributed by atoms with E-state index in [1.165, 1.54) is 42.8 Å². The maximum atomic E-state index is 12.7. The summed E-state index contributed by atoms with van der Waals surface area (Å²) in [5.74, 6) is 2.57. The van der Waals surface area contributed by atoms with E-state index in [-0.39, 0.29) is 10.8 Å². The summed E-state index contributed by atoms with van der Waals surface area (Å²) in [6.07, 6.45) is 11.4. The Morgan fingerprint density at radius 3 is 2.19 bits per heavy atom. The molecule has 0 unspecified atom stereocenters. The van der Waals surface area contributed by atoms with Crippen LogP contribution in [-0.4, -0.2) is 51.5 Å². The maximum absolute atomic E-state index is 12.7. The molecule has 0 aromatic heterocycles. The van der Waals surface area contributed by atoms with Gasteiger partial charge in [0.25, 0.3) is 0 Å². The van der Waals surface area contributed by atoms with E-state index in [4.69, 9.17) is 4.74 Å². The molecular weight excluding hydrogens is 412 g/mol. The van der Waals surface area contributed by atoms with Gasteiger partial charge in [0.2, 0.25) is 15.9 Å². The van der Waals surface area contributed by atoms with Crippen LogP contribution >= 0.6 is 0 Å². The lowest BCUT2D eigenvalue weighted by atomic mass is 9.49. The molecule has 1 amide bonds. The Hall–Kier alpha value is -1.70. The predicted octanol–water partition coefficient (Wildman–Crippen LogP) is 3.05. The number of sulfonamides is 1. The van der Waals surface area contributed by atoms with E-state index in [0.29, 0.717) is 31.7 Å². The molecule has 1 aliphatic heterocycles. The standard InChI is InChI=1S/C24H32N2O4S/c27-23(25-17-24-14-19-11-20(15-24)13-21(12-19)16-24)6-3-18-1-4-22(5-2-18)31(28,29)26-7-9-30-10-8-26/h1-6,19-21H,7-17H2,(H,25,27)/b6-3+. The highest BCUT2D eigenvalue weighted by molar-refractivity contribution is 7.89. The zero-order valence-corrected chi connectivity index (χ0v) is 18.8. The Balaban J connectivity index is 1.16. The van der Waals surface area contributed by atoms with Gasteiger partial charge < -0.3 is 10.1 Å². The van der Waals surface area contributed by atoms with E-state index in [0.717, 1.165) is 29.9 Å². The smallest absolute Gasteiger partial charge is 0.244 e. The molecule has 1 aromatic rings. The number of carbonyl (C=O) groups excluding carboxylic acids is 1. The van der Waals surface area contributed by atoms with Crippen molar-refractivity contribution in [2.75, 3.05) is 32.8 Å². The molecule has 1 aromatic carbocycles. The Bertz CT molecular complexity index is 913. The molecule has 6 nitrogen and oxygen atoms in total. The molecule has 1 N–H and O–H groups in total. The third-order valence-corrected chi connectivity index (χ3v) is 9.63. The van der Waals surface area contributed by atoms with Crippen LogP contribution < -0.4 is 5.32 Å². The molecule has 7 heteroatoms. The van der Waals surface area contributed by atoms with Gasteiger partial charge >= 0.3 is 0 Å². The molecule has 5 fully saturated rings. The van der Waals surface area contributed by atoms with Crippen molar-refractivity contribution in [3.05, 3.63) is 35.9 Å². The maximum Gasteiger partial charge on any atom is 0.244 e. The fourth-order valence-corrected chi connectivity index (χ4v) is 8.11. The normalized spacial score (nSPS) is 33.1. The Morgan fingerprint density at radius 1 is 1.03 bits per heavy atom. The summed E-state index contributed by atoms with van der Waals surface area (Å²) in [6, 6.07) is 6.71. The molecular formula is C24H32N2O4S. The minimum absolute atomic E-state index is 0.0687. The van der Waals surface area contributed by atoms with Crippen LogP contribution in [0.1, 0.15) is 44.1 Å². The van der Waals surface area contributed by atoms with E-state index in [1.807, 2.05) is 0 Å². The summed E-state index contributed by atoms with van der Waals surface area (Å²) < 4.78 is 32.1. The van der Waals surface area contributed by atoms with Crippen LogP contribution in [0.5, 0.6) is 0 Å². The number of hydrogen-bond acceptors (Lipinski definition) is 4. The van der Waals surface area contributed by atoms with E-state index >= 15 is 0 Å². The molecule has 168 valence electrons. The summed E-state index contributed by atoms with van der Waals surface area (Å²) in [5.41, 5.74) is 1.14. The summed E-state index contributed by atoms with van der Waals surface area (Å²) in [6.45, 7) is 2.41. The lowest BCUT2D eigenvalue weighted by Crippen LogP contribution is -2.51. The predicted molar refractivity (Wildman–Crippen MR) is 119 cm³/mol. The van der Waals surface area contributed by atoms with Crippen LogP contribution in [0.2, 0.25) is 0 Å². The number of morpholine rings is 1. The third-order valence-electron chi connectivity index (χ3n) is 7.72. The van der Waals surface area contributed by atoms with Crippen molar-refractivity contribution in [2.24, 2.45) is 23.2 Å². The number of benzene rings is 1. The number of nitrogens with zero attached hydrogens (tertiary/aromatic N) is 1. The first-order valence-electron chi connectivity index (χ1n) is 11.6. The molecule has 0 radical (unpaired) electrons. The molecule has 0 spiro atoms. The SMILES string of the molecule is O=C(/C=C/c1ccc(S(=O)(=O)N2CCOCC2)cc1)NCC12CC3CC(CC(C3)C1)C2. The molecule has 6 rings (SSSR count). The molecule has 0 atom stereocenters. The van der Waals surface area contributed by atoms with Gasteiger partial charge in [-0.15, -0.1) is 0 Å². The molecule has 1 heterocycles. The number of rotatable bonds is 6. The first-order chi connectivity index (χ1) is 14.9. The summed E-state index contributed by atoms with van der Waals surface area (Å²) in [5, 5.41) is 3.15. The summed E-state index contributed by atoms with van der Waals surface area (Å²) in [4.78, 5) is 12.7. The number of amides is 1. The Morgan fingerprint density at radius 2 is 1.61 bits per heavy atom. The quantitative estimate of drug-likeness (QED) is 0.685. The van der Waals surface area contributed by atoms with Crippen LogP contribution in [0.3, 0.4) is 0 Å². The van der Waals surface area contributed by atoms with Crippen molar-refractivity contribution in [3.63, 3.8) is 0 Å². The second-order valence-electron chi connectivity index (χ2n) is 10.1. The average molecular weight is 445 g/mol. The minimum atomic E-state index is -3.49. The Labute approximate surface area is 185 Å². The molecule has 4 saturated carbocycles. The number of ether oxygens (including phenoxy) is 1. The Kier molecular flexibility index (Phi) is 5.69. The fourth-order valence-electron chi connectivity index (χ4n) is 6.70. The monoisotopic (exact) mass is 444 g/mol. The highest BCUT2D eigenvalue weighted by Gasteiger charge is 2.50. The van der Waals surface area contributed by atoms with Gasteiger partial charge in [0.05, 0.1) is 18.1 Å². The summed E-state index contributed by atoms with van der Waals surface area (Å²) in [7, 11) is -3.49. The van der Waals surface area contributed by atoms with E-state index < -0.39 is 10.0 Å². The van der Waals surface area contributed by atoms with Gasteiger partial charge in [-0.25, -0.2) is 8.42 Å². The molecule has 5 aliphatic rings. The number of nitrogens with one attached hydrogen (secondary N) is 1. The molecule has 1 saturated heterocycles. The van der Waals surface area contributed by atoms with Gasteiger partial charge in [-0.2, -0.15) is 4.31 Å². The van der Waals surface area contributed by atoms with Crippen LogP contribution in [-0.2, 0) is 19.6 Å². The zero-order valence-electron chi connectivity index (χ0n) is 18.0. The van der Waals surface area contributed by atoms with Gasteiger partial charge in [-0.05, 0) is 85.5 Å². The van der Waals surface area contributed by atoms with E-state index in [9.17, 15) is 13.2 Å². The molecule has 31 heavy (non-hydrogen) atoms. The highest BCUT2D eigenvalue weighted by Crippen LogP contribution is 2.59. The van der Waals surface area contributed by atoms with Crippen molar-refractivity contribution in [1.82, 2.24) is 9.62 Å². The van der Waals surface area contributed by atoms with Crippen molar-refractivity contribution in [2.45, 2.75) is 43.4 Å². The van der Waals surface area contributed by atoms with Gasteiger partial charge in [-0.1, -0.05) is 12.1 Å². The first-order valence-corrected chi connectivity index (χ1v) is 13.0. The van der Waals surface area contributed by atoms with Crippen molar-refractivity contribution in [1.29, 1.82) is 0 Å². The van der Waals surface area contributed by atoms with Crippen molar-refractivity contribution < 1.29 is 17.9 Å². The van der Waals surface area contributed by atoms with Crippen molar-refractivity contribution >= 4 is 22.0 Å². The van der Waals surface area contributed by atoms with Gasteiger partial charge in [-0.3, -0.25) is 4.79 Å². The zero-order chi connectivity index (χ0) is 21.5. The topological polar surface area (TPSA) is 75.7 Å². The van der Waals surface area contributed by atoms with Gasteiger partial charge in [0.15, 0.2) is 0 Å². The number of hydrogen-bond donors (Lipinski definition) is 1. The van der Waals surface area contributed by atoms with Crippen LogP contribution in [0.4, 0.5) is 0 Å². The van der Waals surface area contributed by atoms with Gasteiger partial charge in [0, 0.05) is 25.7 Å². The first kappa shape index (κ1) is 21.2. The van der Waals surface area contributed by atoms with Gasteiger partial charge in [0.1, 0.15) is 0 Å². The van der Waals surface area contributed by atoms with E-state index in [1.54, 1.807) is 36.4 Å². The lowest BCUT2D eigenvalue weighted by molar-refractivity contribution is -0.118. The van der Waals surface area contributed by atoms with Crippen LogP contribution in [0.25, 0.3) is 6.08 Å². The third kappa shape index (κ3) is 4.45. The highest BCUT2D eigenvalue weighted by atomic mass is 32.2. The molecule has 4 aliphatic carbocycles. The second kappa shape index (κ2) is 8.34. The molecule has 4 bridgehead atoms. The largest absolute Gasteiger partial charge is 0.379 e. The van der Waals surface area contributed by atoms with E-state index in [2.05, 4.69) is 5.32 Å². The average Bonchev–Trinajstić information content (AvgIpc) is 2.76. The summed E-state index contributed by atoms with van der Waals surface area (Å²) >= 11 is 0. The second-order valence-corrected chi connectivity index (χ2v) is 12.0. The fraction of sp³-hybridized carbons (Fsp3) is 0.625. The minimum Gasteiger partial charge on any atom is -0.379 e. The number of carbonyl (C=O) groups is 1. The lowest BCUT2D eigenvalue weighted by Gasteiger charge is -2.56. The van der Waals surface area contributed by atoms with Crippen LogP contribution in [0.15, 0.2) is 35.2 Å².